The van der Waals surface area contributed by atoms with Crippen molar-refractivity contribution in [2.75, 3.05) is 25.5 Å². The predicted molar refractivity (Wildman–Crippen MR) is 131 cm³/mol. The number of hydrogen-bond acceptors (Lipinski definition) is 4. The fourth-order valence-electron chi connectivity index (χ4n) is 3.12. The first-order valence-electron chi connectivity index (χ1n) is 9.54. The lowest BCUT2D eigenvalue weighted by atomic mass is 10.1. The van der Waals surface area contributed by atoms with Gasteiger partial charge in [-0.25, -0.2) is 9.67 Å². The third-order valence-corrected chi connectivity index (χ3v) is 5.65. The lowest BCUT2D eigenvalue weighted by Crippen LogP contribution is -2.36. The number of hydrogen-bond donors (Lipinski definition) is 0. The molecule has 0 radical (unpaired) electrons. The van der Waals surface area contributed by atoms with Crippen LogP contribution >= 0.6 is 50.7 Å². The number of carbonyl (C=O) groups is 2. The van der Waals surface area contributed by atoms with Crippen LogP contribution in [0.2, 0.25) is 15.1 Å². The quantitative estimate of drug-likeness (QED) is 0.386. The van der Waals surface area contributed by atoms with E-state index in [0.29, 0.717) is 33.4 Å². The van der Waals surface area contributed by atoms with Gasteiger partial charge in [0, 0.05) is 37.9 Å². The zero-order valence-electron chi connectivity index (χ0n) is 17.4. The highest BCUT2D eigenvalue weighted by molar-refractivity contribution is 9.10. The number of carbonyl (C=O) groups excluding carboxylic acids is 2. The third kappa shape index (κ3) is 4.93. The van der Waals surface area contributed by atoms with Gasteiger partial charge >= 0.3 is 0 Å². The van der Waals surface area contributed by atoms with Gasteiger partial charge < -0.3 is 9.80 Å². The molecular formula is C21H19BrCl3N5O2. The Kier molecular flexibility index (Phi) is 7.82. The number of amides is 2. The van der Waals surface area contributed by atoms with Crippen molar-refractivity contribution in [1.29, 1.82) is 0 Å². The number of nitrogens with zero attached hydrogens (tertiary/aromatic N) is 5. The van der Waals surface area contributed by atoms with Crippen molar-refractivity contribution in [3.05, 3.63) is 67.5 Å². The van der Waals surface area contributed by atoms with E-state index in [1.807, 2.05) is 6.92 Å². The molecule has 3 aromatic rings. The normalized spacial score (nSPS) is 10.8. The highest BCUT2D eigenvalue weighted by Gasteiger charge is 2.29. The predicted octanol–water partition coefficient (Wildman–Crippen LogP) is 5.75. The molecule has 0 unspecified atom stereocenters. The molecule has 2 heterocycles. The van der Waals surface area contributed by atoms with Crippen LogP contribution in [0.3, 0.4) is 0 Å². The Morgan fingerprint density at radius 2 is 1.81 bits per heavy atom. The monoisotopic (exact) mass is 557 g/mol. The fourth-order valence-corrected chi connectivity index (χ4v) is 4.29. The minimum Gasteiger partial charge on any atom is -0.345 e. The van der Waals surface area contributed by atoms with Gasteiger partial charge in [0.1, 0.15) is 10.3 Å². The van der Waals surface area contributed by atoms with Gasteiger partial charge in [0.25, 0.3) is 11.8 Å². The zero-order chi connectivity index (χ0) is 23.6. The van der Waals surface area contributed by atoms with Gasteiger partial charge in [0.05, 0.1) is 21.3 Å². The van der Waals surface area contributed by atoms with Crippen molar-refractivity contribution >= 4 is 68.2 Å². The van der Waals surface area contributed by atoms with E-state index in [1.165, 1.54) is 26.6 Å². The molecule has 32 heavy (non-hydrogen) atoms. The maximum Gasteiger partial charge on any atom is 0.277 e. The van der Waals surface area contributed by atoms with E-state index in [-0.39, 0.29) is 27.9 Å². The number of rotatable bonds is 6. The first-order valence-corrected chi connectivity index (χ1v) is 11.5. The Hall–Kier alpha value is -2.13. The number of halogens is 4. The third-order valence-electron chi connectivity index (χ3n) is 4.47. The summed E-state index contributed by atoms with van der Waals surface area (Å²) >= 11 is 22.3. The standard InChI is InChI=1S/C21H19BrCl3N5O2/c1-4-8-29(18-13(20(31)28(2)3)9-12(23)10-15(18)25)21(32)16-11-17(22)27-30(16)19-14(24)6-5-7-26-19/h5-7,9-11H,4,8H2,1-3H3. The summed E-state index contributed by atoms with van der Waals surface area (Å²) in [7, 11) is 3.23. The molecule has 11 heteroatoms. The van der Waals surface area contributed by atoms with Gasteiger partial charge in [-0.05, 0) is 46.6 Å². The maximum atomic E-state index is 13.8. The van der Waals surface area contributed by atoms with E-state index < -0.39 is 5.91 Å². The summed E-state index contributed by atoms with van der Waals surface area (Å²) in [4.78, 5) is 33.8. The molecule has 0 aliphatic carbocycles. The van der Waals surface area contributed by atoms with Crippen molar-refractivity contribution in [2.24, 2.45) is 0 Å². The van der Waals surface area contributed by atoms with E-state index in [4.69, 9.17) is 34.8 Å². The molecule has 0 aliphatic heterocycles. The lowest BCUT2D eigenvalue weighted by Gasteiger charge is -2.27. The van der Waals surface area contributed by atoms with Crippen LogP contribution in [0.4, 0.5) is 5.69 Å². The molecule has 0 N–H and O–H groups in total. The molecule has 2 amide bonds. The number of anilines is 1. The molecule has 7 nitrogen and oxygen atoms in total. The maximum absolute atomic E-state index is 13.8. The summed E-state index contributed by atoms with van der Waals surface area (Å²) in [6.45, 7) is 2.22. The van der Waals surface area contributed by atoms with Crippen molar-refractivity contribution in [2.45, 2.75) is 13.3 Å². The van der Waals surface area contributed by atoms with E-state index in [1.54, 1.807) is 38.5 Å². The molecule has 0 fully saturated rings. The van der Waals surface area contributed by atoms with Crippen LogP contribution in [0.1, 0.15) is 34.2 Å². The van der Waals surface area contributed by atoms with E-state index in [9.17, 15) is 9.59 Å². The van der Waals surface area contributed by atoms with Gasteiger partial charge in [-0.1, -0.05) is 41.7 Å². The van der Waals surface area contributed by atoms with Crippen molar-refractivity contribution < 1.29 is 9.59 Å². The summed E-state index contributed by atoms with van der Waals surface area (Å²) < 4.78 is 1.78. The largest absolute Gasteiger partial charge is 0.345 e. The summed E-state index contributed by atoms with van der Waals surface area (Å²) in [5.74, 6) is -0.462. The van der Waals surface area contributed by atoms with Crippen LogP contribution in [-0.4, -0.2) is 52.1 Å². The van der Waals surface area contributed by atoms with Crippen LogP contribution < -0.4 is 4.90 Å². The van der Waals surface area contributed by atoms with E-state index in [2.05, 4.69) is 26.0 Å². The average Bonchev–Trinajstić information content (AvgIpc) is 3.12. The fraction of sp³-hybridized carbons (Fsp3) is 0.238. The second-order valence-electron chi connectivity index (χ2n) is 7.01. The van der Waals surface area contributed by atoms with E-state index in [0.717, 1.165) is 0 Å². The molecule has 0 saturated heterocycles. The Balaban J connectivity index is 2.20. The molecule has 0 spiro atoms. The SMILES string of the molecule is CCCN(C(=O)c1cc(Br)nn1-c1ncccc1Cl)c1c(Cl)cc(Cl)cc1C(=O)N(C)C. The Morgan fingerprint density at radius 3 is 2.44 bits per heavy atom. The van der Waals surface area contributed by atoms with Crippen LogP contribution in [-0.2, 0) is 0 Å². The Labute approximate surface area is 209 Å². The van der Waals surface area contributed by atoms with Gasteiger partial charge in [0.2, 0.25) is 0 Å². The van der Waals surface area contributed by atoms with Crippen LogP contribution in [0.25, 0.3) is 5.82 Å². The highest BCUT2D eigenvalue weighted by atomic mass is 79.9. The highest BCUT2D eigenvalue weighted by Crippen LogP contribution is 2.35. The van der Waals surface area contributed by atoms with Crippen LogP contribution in [0.5, 0.6) is 0 Å². The van der Waals surface area contributed by atoms with Crippen molar-refractivity contribution in [3.63, 3.8) is 0 Å². The molecule has 0 bridgehead atoms. The lowest BCUT2D eigenvalue weighted by molar-refractivity contribution is 0.0828. The Morgan fingerprint density at radius 1 is 1.09 bits per heavy atom. The molecule has 168 valence electrons. The van der Waals surface area contributed by atoms with Gasteiger partial charge in [-0.2, -0.15) is 5.10 Å². The van der Waals surface area contributed by atoms with Gasteiger partial charge in [-0.3, -0.25) is 9.59 Å². The zero-order valence-corrected chi connectivity index (χ0v) is 21.3. The molecule has 2 aromatic heterocycles. The molecule has 0 aliphatic rings. The minimum absolute atomic E-state index is 0.186. The summed E-state index contributed by atoms with van der Waals surface area (Å²) in [6.07, 6.45) is 2.17. The van der Waals surface area contributed by atoms with E-state index >= 15 is 0 Å². The second-order valence-corrected chi connectivity index (χ2v) is 9.08. The molecule has 0 atom stereocenters. The van der Waals surface area contributed by atoms with Crippen LogP contribution in [0, 0.1) is 0 Å². The number of pyridine rings is 1. The van der Waals surface area contributed by atoms with Crippen LogP contribution in [0.15, 0.2) is 41.1 Å². The average molecular weight is 560 g/mol. The molecule has 0 saturated carbocycles. The van der Waals surface area contributed by atoms with Gasteiger partial charge in [0.15, 0.2) is 5.82 Å². The first-order chi connectivity index (χ1) is 15.1. The Bertz CT molecular complexity index is 1180. The molecular weight excluding hydrogens is 541 g/mol. The smallest absolute Gasteiger partial charge is 0.277 e. The second kappa shape index (κ2) is 10.2. The van der Waals surface area contributed by atoms with Crippen molar-refractivity contribution in [3.8, 4) is 5.82 Å². The number of aromatic nitrogens is 3. The minimum atomic E-state index is -0.427. The number of benzene rings is 1. The summed E-state index contributed by atoms with van der Waals surface area (Å²) in [5.41, 5.74) is 0.688. The molecule has 1 aromatic carbocycles. The summed E-state index contributed by atoms with van der Waals surface area (Å²) in [6, 6.07) is 7.91. The first kappa shape index (κ1) is 24.5. The van der Waals surface area contributed by atoms with Crippen molar-refractivity contribution in [1.82, 2.24) is 19.7 Å². The van der Waals surface area contributed by atoms with Gasteiger partial charge in [-0.15, -0.1) is 0 Å². The summed E-state index contributed by atoms with van der Waals surface area (Å²) in [5, 5.41) is 5.14. The molecule has 3 rings (SSSR count). The topological polar surface area (TPSA) is 71.3 Å².